The lowest BCUT2D eigenvalue weighted by molar-refractivity contribution is -0.274. The standard InChI is InChI=1S/C20H20F3NO3/c1-26-19(15-7-3-2-4-8-15)11-13-24(14-12-19)18(25)16-9-5-6-10-17(16)27-20(21,22)23/h2-10H,11-14H2,1H3. The first-order valence-electron chi connectivity index (χ1n) is 8.59. The molecule has 1 fully saturated rings. The average Bonchev–Trinajstić information content (AvgIpc) is 2.67. The van der Waals surface area contributed by atoms with Crippen molar-refractivity contribution in [3.8, 4) is 5.75 Å². The van der Waals surface area contributed by atoms with Crippen LogP contribution in [0.15, 0.2) is 54.6 Å². The van der Waals surface area contributed by atoms with Crippen LogP contribution in [-0.4, -0.2) is 37.4 Å². The number of piperidine rings is 1. The Morgan fingerprint density at radius 1 is 1.00 bits per heavy atom. The van der Waals surface area contributed by atoms with Crippen molar-refractivity contribution in [2.45, 2.75) is 24.8 Å². The van der Waals surface area contributed by atoms with E-state index >= 15 is 0 Å². The molecule has 144 valence electrons. The van der Waals surface area contributed by atoms with E-state index in [9.17, 15) is 18.0 Å². The van der Waals surface area contributed by atoms with Gasteiger partial charge in [0.25, 0.3) is 5.91 Å². The first kappa shape index (κ1) is 19.2. The number of hydrogen-bond acceptors (Lipinski definition) is 3. The van der Waals surface area contributed by atoms with Crippen LogP contribution in [0.4, 0.5) is 13.2 Å². The Hall–Kier alpha value is -2.54. The van der Waals surface area contributed by atoms with Crippen molar-refractivity contribution in [2.24, 2.45) is 0 Å². The molecule has 1 aliphatic rings. The molecule has 0 saturated carbocycles. The van der Waals surface area contributed by atoms with E-state index in [1.165, 1.54) is 18.2 Å². The number of amides is 1. The molecule has 2 aromatic carbocycles. The van der Waals surface area contributed by atoms with Gasteiger partial charge in [-0.1, -0.05) is 42.5 Å². The molecule has 0 spiro atoms. The molecule has 27 heavy (non-hydrogen) atoms. The number of ether oxygens (including phenoxy) is 2. The largest absolute Gasteiger partial charge is 0.573 e. The van der Waals surface area contributed by atoms with Crippen molar-refractivity contribution in [3.63, 3.8) is 0 Å². The number of para-hydroxylation sites is 1. The molecule has 3 rings (SSSR count). The first-order valence-corrected chi connectivity index (χ1v) is 8.59. The number of alkyl halides is 3. The third kappa shape index (κ3) is 4.24. The Labute approximate surface area is 155 Å². The molecule has 0 aliphatic carbocycles. The number of carbonyl (C=O) groups is 1. The molecule has 2 aromatic rings. The number of likely N-dealkylation sites (tertiary alicyclic amines) is 1. The zero-order valence-corrected chi connectivity index (χ0v) is 14.8. The van der Waals surface area contributed by atoms with Crippen LogP contribution in [-0.2, 0) is 10.3 Å². The lowest BCUT2D eigenvalue weighted by Crippen LogP contribution is -2.46. The van der Waals surface area contributed by atoms with Gasteiger partial charge >= 0.3 is 6.36 Å². The summed E-state index contributed by atoms with van der Waals surface area (Å²) in [4.78, 5) is 14.3. The van der Waals surface area contributed by atoms with Crippen LogP contribution >= 0.6 is 0 Å². The van der Waals surface area contributed by atoms with E-state index in [-0.39, 0.29) is 5.56 Å². The molecule has 0 aromatic heterocycles. The summed E-state index contributed by atoms with van der Waals surface area (Å²) in [6.07, 6.45) is -3.74. The molecule has 1 saturated heterocycles. The van der Waals surface area contributed by atoms with Crippen LogP contribution in [0.3, 0.4) is 0 Å². The SMILES string of the molecule is COC1(c2ccccc2)CCN(C(=O)c2ccccc2OC(F)(F)F)CC1. The Balaban J connectivity index is 1.76. The maximum absolute atomic E-state index is 12.8. The number of nitrogens with zero attached hydrogens (tertiary/aromatic N) is 1. The Kier molecular flexibility index (Phi) is 5.41. The molecule has 1 amide bonds. The number of halogens is 3. The highest BCUT2D eigenvalue weighted by Gasteiger charge is 2.39. The summed E-state index contributed by atoms with van der Waals surface area (Å²) in [6, 6.07) is 15.1. The minimum atomic E-state index is -4.85. The maximum Gasteiger partial charge on any atom is 0.573 e. The molecule has 1 heterocycles. The molecule has 0 radical (unpaired) electrons. The van der Waals surface area contributed by atoms with Crippen LogP contribution in [0.2, 0.25) is 0 Å². The molecule has 1 aliphatic heterocycles. The van der Waals surface area contributed by atoms with E-state index in [2.05, 4.69) is 4.74 Å². The highest BCUT2D eigenvalue weighted by Crippen LogP contribution is 2.37. The zero-order chi connectivity index (χ0) is 19.5. The zero-order valence-electron chi connectivity index (χ0n) is 14.8. The van der Waals surface area contributed by atoms with Crippen molar-refractivity contribution < 1.29 is 27.4 Å². The van der Waals surface area contributed by atoms with Gasteiger partial charge in [-0.05, 0) is 30.5 Å². The Bertz CT molecular complexity index is 785. The van der Waals surface area contributed by atoms with Gasteiger partial charge in [-0.3, -0.25) is 4.79 Å². The van der Waals surface area contributed by atoms with E-state index in [0.717, 1.165) is 11.6 Å². The molecule has 4 nitrogen and oxygen atoms in total. The summed E-state index contributed by atoms with van der Waals surface area (Å²) in [7, 11) is 1.64. The lowest BCUT2D eigenvalue weighted by atomic mass is 9.84. The first-order chi connectivity index (χ1) is 12.8. The average molecular weight is 379 g/mol. The van der Waals surface area contributed by atoms with Crippen molar-refractivity contribution in [1.29, 1.82) is 0 Å². The number of carbonyl (C=O) groups excluding carboxylic acids is 1. The van der Waals surface area contributed by atoms with Crippen molar-refractivity contribution in [1.82, 2.24) is 4.90 Å². The van der Waals surface area contributed by atoms with Gasteiger partial charge in [-0.2, -0.15) is 0 Å². The van der Waals surface area contributed by atoms with Crippen LogP contribution < -0.4 is 4.74 Å². The van der Waals surface area contributed by atoms with E-state index < -0.39 is 23.6 Å². The molecule has 7 heteroatoms. The molecule has 0 N–H and O–H groups in total. The fourth-order valence-electron chi connectivity index (χ4n) is 3.45. The number of methoxy groups -OCH3 is 1. The third-order valence-electron chi connectivity index (χ3n) is 4.89. The summed E-state index contributed by atoms with van der Waals surface area (Å²) in [5, 5.41) is 0. The van der Waals surface area contributed by atoms with Gasteiger partial charge in [0.1, 0.15) is 5.75 Å². The van der Waals surface area contributed by atoms with Gasteiger partial charge in [-0.25, -0.2) is 0 Å². The molecule has 0 unspecified atom stereocenters. The fraction of sp³-hybridized carbons (Fsp3) is 0.350. The van der Waals surface area contributed by atoms with Gasteiger partial charge in [0.15, 0.2) is 0 Å². The topological polar surface area (TPSA) is 38.8 Å². The fourth-order valence-corrected chi connectivity index (χ4v) is 3.45. The molecular weight excluding hydrogens is 359 g/mol. The molecule has 0 bridgehead atoms. The summed E-state index contributed by atoms with van der Waals surface area (Å²) < 4.78 is 47.6. The maximum atomic E-state index is 12.8. The van der Waals surface area contributed by atoms with Crippen LogP contribution in [0.1, 0.15) is 28.8 Å². The van der Waals surface area contributed by atoms with E-state index in [1.807, 2.05) is 30.3 Å². The second-order valence-corrected chi connectivity index (χ2v) is 6.40. The van der Waals surface area contributed by atoms with Crippen LogP contribution in [0, 0.1) is 0 Å². The summed E-state index contributed by atoms with van der Waals surface area (Å²) in [6.45, 7) is 0.754. The Morgan fingerprint density at radius 2 is 1.59 bits per heavy atom. The van der Waals surface area contributed by atoms with Crippen molar-refractivity contribution in [3.05, 3.63) is 65.7 Å². The number of benzene rings is 2. The highest BCUT2D eigenvalue weighted by atomic mass is 19.4. The van der Waals surface area contributed by atoms with Crippen molar-refractivity contribution >= 4 is 5.91 Å². The van der Waals surface area contributed by atoms with E-state index in [4.69, 9.17) is 4.74 Å². The summed E-state index contributed by atoms with van der Waals surface area (Å²) in [5.74, 6) is -0.964. The van der Waals surface area contributed by atoms with Crippen molar-refractivity contribution in [2.75, 3.05) is 20.2 Å². The molecule has 0 atom stereocenters. The Morgan fingerprint density at radius 3 is 2.19 bits per heavy atom. The summed E-state index contributed by atoms with van der Waals surface area (Å²) in [5.41, 5.74) is 0.430. The van der Waals surface area contributed by atoms with Gasteiger partial charge in [0.2, 0.25) is 0 Å². The number of hydrogen-bond donors (Lipinski definition) is 0. The second kappa shape index (κ2) is 7.60. The van der Waals surface area contributed by atoms with Gasteiger partial charge < -0.3 is 14.4 Å². The van der Waals surface area contributed by atoms with E-state index in [0.29, 0.717) is 25.9 Å². The van der Waals surface area contributed by atoms with Gasteiger partial charge in [0, 0.05) is 20.2 Å². The third-order valence-corrected chi connectivity index (χ3v) is 4.89. The van der Waals surface area contributed by atoms with Crippen LogP contribution in [0.25, 0.3) is 0 Å². The lowest BCUT2D eigenvalue weighted by Gasteiger charge is -2.41. The minimum Gasteiger partial charge on any atom is -0.405 e. The number of rotatable bonds is 4. The highest BCUT2D eigenvalue weighted by molar-refractivity contribution is 5.97. The van der Waals surface area contributed by atoms with E-state index in [1.54, 1.807) is 12.0 Å². The molecular formula is C20H20F3NO3. The van der Waals surface area contributed by atoms with Gasteiger partial charge in [0.05, 0.1) is 11.2 Å². The quantitative estimate of drug-likeness (QED) is 0.792. The minimum absolute atomic E-state index is 0.0977. The van der Waals surface area contributed by atoms with Crippen LogP contribution in [0.5, 0.6) is 5.75 Å². The smallest absolute Gasteiger partial charge is 0.405 e. The van der Waals surface area contributed by atoms with Gasteiger partial charge in [-0.15, -0.1) is 13.2 Å². The monoisotopic (exact) mass is 379 g/mol. The summed E-state index contributed by atoms with van der Waals surface area (Å²) >= 11 is 0. The second-order valence-electron chi connectivity index (χ2n) is 6.40. The predicted molar refractivity (Wildman–Crippen MR) is 93.4 cm³/mol. The predicted octanol–water partition coefficient (Wildman–Crippen LogP) is 4.36. The normalized spacial score (nSPS) is 16.8.